The molecule has 0 bridgehead atoms. The highest BCUT2D eigenvalue weighted by molar-refractivity contribution is 5.89. The fourth-order valence-electron chi connectivity index (χ4n) is 4.02. The number of methoxy groups -OCH3 is 1. The molecule has 11 heteroatoms. The molecule has 1 fully saturated rings. The summed E-state index contributed by atoms with van der Waals surface area (Å²) >= 11 is 0. The number of benzene rings is 1. The number of aromatic hydroxyl groups is 1. The number of rotatable bonds is 13. The number of morpholine rings is 1. The van der Waals surface area contributed by atoms with Crippen molar-refractivity contribution in [1.82, 2.24) is 14.4 Å². The normalized spacial score (nSPS) is 14.6. The zero-order valence-electron chi connectivity index (χ0n) is 22.0. The number of pyridine rings is 1. The van der Waals surface area contributed by atoms with Gasteiger partial charge < -0.3 is 33.5 Å². The van der Waals surface area contributed by atoms with Gasteiger partial charge in [-0.15, -0.1) is 0 Å². The summed E-state index contributed by atoms with van der Waals surface area (Å²) in [6, 6.07) is 9.63. The zero-order valence-corrected chi connectivity index (χ0v) is 22.0. The predicted octanol–water partition coefficient (Wildman–Crippen LogP) is 2.28. The third-order valence-corrected chi connectivity index (χ3v) is 6.33. The maximum absolute atomic E-state index is 13.1. The fraction of sp³-hybridized carbons (Fsp3) is 0.519. The molecule has 0 radical (unpaired) electrons. The summed E-state index contributed by atoms with van der Waals surface area (Å²) in [5, 5.41) is 9.66. The van der Waals surface area contributed by atoms with Crippen LogP contribution < -0.4 is 5.56 Å². The number of hydrogen-bond donors (Lipinski definition) is 1. The lowest BCUT2D eigenvalue weighted by atomic mass is 10.1. The van der Waals surface area contributed by atoms with E-state index in [2.05, 4.69) is 4.90 Å². The zero-order chi connectivity index (χ0) is 27.3. The Labute approximate surface area is 222 Å². The maximum atomic E-state index is 13.1. The van der Waals surface area contributed by atoms with Crippen LogP contribution in [0.15, 0.2) is 47.4 Å². The summed E-state index contributed by atoms with van der Waals surface area (Å²) in [6.45, 7) is 7.66. The van der Waals surface area contributed by atoms with Crippen LogP contribution in [0.25, 0.3) is 0 Å². The number of hydrogen-bond acceptors (Lipinski definition) is 9. The van der Waals surface area contributed by atoms with E-state index in [0.29, 0.717) is 44.8 Å². The van der Waals surface area contributed by atoms with E-state index < -0.39 is 23.7 Å². The molecule has 1 aromatic carbocycles. The van der Waals surface area contributed by atoms with E-state index in [9.17, 15) is 19.5 Å². The Morgan fingerprint density at radius 2 is 1.82 bits per heavy atom. The Kier molecular flexibility index (Phi) is 11.6. The van der Waals surface area contributed by atoms with Crippen LogP contribution in [0.4, 0.5) is 4.79 Å². The maximum Gasteiger partial charge on any atom is 0.410 e. The smallest absolute Gasteiger partial charge is 0.410 e. The monoisotopic (exact) mass is 531 g/mol. The molecule has 0 aliphatic carbocycles. The van der Waals surface area contributed by atoms with E-state index in [4.69, 9.17) is 18.9 Å². The van der Waals surface area contributed by atoms with Gasteiger partial charge in [0.2, 0.25) is 0 Å². The molecular formula is C27H37N3O8. The van der Waals surface area contributed by atoms with Crippen LogP contribution in [0, 0.1) is 0 Å². The van der Waals surface area contributed by atoms with E-state index >= 15 is 0 Å². The Balaban J connectivity index is 1.54. The number of nitrogens with zero attached hydrogens (tertiary/aromatic N) is 3. The van der Waals surface area contributed by atoms with Crippen LogP contribution in [0.3, 0.4) is 0 Å². The highest BCUT2D eigenvalue weighted by atomic mass is 16.6. The van der Waals surface area contributed by atoms with E-state index in [1.165, 1.54) is 17.7 Å². The number of ether oxygens (including phenoxy) is 4. The average molecular weight is 532 g/mol. The van der Waals surface area contributed by atoms with Gasteiger partial charge in [0, 0.05) is 45.5 Å². The first-order chi connectivity index (χ1) is 18.4. The Bertz CT molecular complexity index is 1080. The number of carbonyl (C=O) groups is 2. The molecule has 1 atom stereocenters. The Morgan fingerprint density at radius 1 is 1.08 bits per heavy atom. The Hall–Kier alpha value is -3.41. The second kappa shape index (κ2) is 15.1. The topological polar surface area (TPSA) is 120 Å². The summed E-state index contributed by atoms with van der Waals surface area (Å²) in [6.07, 6.45) is 1.02. The van der Waals surface area contributed by atoms with Crippen LogP contribution in [0.5, 0.6) is 5.75 Å². The van der Waals surface area contributed by atoms with Gasteiger partial charge in [-0.3, -0.25) is 9.69 Å². The van der Waals surface area contributed by atoms with Gasteiger partial charge in [-0.2, -0.15) is 0 Å². The second-order valence-corrected chi connectivity index (χ2v) is 8.94. The third-order valence-electron chi connectivity index (χ3n) is 6.33. The third kappa shape index (κ3) is 8.86. The van der Waals surface area contributed by atoms with Crippen molar-refractivity contribution in [3.63, 3.8) is 0 Å². The number of carbonyl (C=O) groups excluding carboxylic acids is 2. The van der Waals surface area contributed by atoms with Crippen molar-refractivity contribution in [3.8, 4) is 5.75 Å². The quantitative estimate of drug-likeness (QED) is 0.307. The standard InChI is InChI=1S/C27H37N3O8/c1-21(22-6-8-23(9-7-22)26(33)35-2)38-27(34)30(12-4-11-29-10-3-5-24(31)25(29)32)16-20-37-19-15-28-13-17-36-18-14-28/h3,5-10,21,31H,4,11-20H2,1-2H3/t21-/m0/s1. The molecule has 3 rings (SSSR count). The first-order valence-electron chi connectivity index (χ1n) is 12.8. The molecule has 2 heterocycles. The molecule has 2 aromatic rings. The molecule has 0 saturated carbocycles. The molecule has 1 amide bonds. The van der Waals surface area contributed by atoms with Crippen LogP contribution in [-0.4, -0.2) is 97.8 Å². The van der Waals surface area contributed by atoms with E-state index in [-0.39, 0.29) is 5.75 Å². The molecule has 0 spiro atoms. The minimum Gasteiger partial charge on any atom is -0.503 e. The molecule has 1 N–H and O–H groups in total. The molecule has 1 saturated heterocycles. The minimum absolute atomic E-state index is 0.315. The largest absolute Gasteiger partial charge is 0.503 e. The van der Waals surface area contributed by atoms with Crippen LogP contribution in [0.2, 0.25) is 0 Å². The predicted molar refractivity (Wildman–Crippen MR) is 139 cm³/mol. The number of aromatic nitrogens is 1. The van der Waals surface area contributed by atoms with Gasteiger partial charge in [0.25, 0.3) is 5.56 Å². The number of aryl methyl sites for hydroxylation is 1. The molecular weight excluding hydrogens is 494 g/mol. The number of esters is 1. The fourth-order valence-corrected chi connectivity index (χ4v) is 4.02. The first-order valence-corrected chi connectivity index (χ1v) is 12.8. The second-order valence-electron chi connectivity index (χ2n) is 8.94. The lowest BCUT2D eigenvalue weighted by molar-refractivity contribution is 0.0158. The van der Waals surface area contributed by atoms with Crippen molar-refractivity contribution in [2.75, 3.05) is 66.3 Å². The summed E-state index contributed by atoms with van der Waals surface area (Å²) in [4.78, 5) is 40.7. The van der Waals surface area contributed by atoms with Gasteiger partial charge in [-0.25, -0.2) is 9.59 Å². The summed E-state index contributed by atoms with van der Waals surface area (Å²) < 4.78 is 23.0. The Morgan fingerprint density at radius 3 is 2.53 bits per heavy atom. The molecule has 0 unspecified atom stereocenters. The van der Waals surface area contributed by atoms with Gasteiger partial charge in [-0.1, -0.05) is 12.1 Å². The minimum atomic E-state index is -0.548. The van der Waals surface area contributed by atoms with Gasteiger partial charge in [0.05, 0.1) is 39.1 Å². The van der Waals surface area contributed by atoms with Crippen molar-refractivity contribution < 1.29 is 33.6 Å². The SMILES string of the molecule is COC(=O)c1ccc([C@H](C)OC(=O)N(CCCn2cccc(O)c2=O)CCOCCN2CCOCC2)cc1. The highest BCUT2D eigenvalue weighted by Crippen LogP contribution is 2.19. The van der Waals surface area contributed by atoms with Gasteiger partial charge in [-0.05, 0) is 43.2 Å². The summed E-state index contributed by atoms with van der Waals surface area (Å²) in [7, 11) is 1.32. The van der Waals surface area contributed by atoms with Crippen molar-refractivity contribution in [2.24, 2.45) is 0 Å². The molecule has 1 aromatic heterocycles. The lowest BCUT2D eigenvalue weighted by Gasteiger charge is -2.27. The lowest BCUT2D eigenvalue weighted by Crippen LogP contribution is -2.39. The van der Waals surface area contributed by atoms with E-state index in [1.54, 1.807) is 48.4 Å². The molecule has 11 nitrogen and oxygen atoms in total. The van der Waals surface area contributed by atoms with Gasteiger partial charge >= 0.3 is 12.1 Å². The molecule has 1 aliphatic heterocycles. The van der Waals surface area contributed by atoms with Crippen LogP contribution in [0.1, 0.15) is 35.4 Å². The van der Waals surface area contributed by atoms with Crippen molar-refractivity contribution in [2.45, 2.75) is 26.0 Å². The molecule has 208 valence electrons. The summed E-state index contributed by atoms with van der Waals surface area (Å²) in [5.74, 6) is -0.753. The first kappa shape index (κ1) is 29.2. The molecule has 1 aliphatic rings. The van der Waals surface area contributed by atoms with Crippen molar-refractivity contribution >= 4 is 12.1 Å². The van der Waals surface area contributed by atoms with Crippen LogP contribution in [-0.2, 0) is 25.5 Å². The van der Waals surface area contributed by atoms with Crippen molar-refractivity contribution in [3.05, 3.63) is 64.1 Å². The molecule has 38 heavy (non-hydrogen) atoms. The van der Waals surface area contributed by atoms with Gasteiger partial charge in [0.15, 0.2) is 5.75 Å². The highest BCUT2D eigenvalue weighted by Gasteiger charge is 2.20. The van der Waals surface area contributed by atoms with Crippen molar-refractivity contribution in [1.29, 1.82) is 0 Å². The van der Waals surface area contributed by atoms with Gasteiger partial charge in [0.1, 0.15) is 6.10 Å². The van der Waals surface area contributed by atoms with E-state index in [0.717, 1.165) is 38.4 Å². The summed E-state index contributed by atoms with van der Waals surface area (Å²) in [5.41, 5.74) is 0.670. The van der Waals surface area contributed by atoms with E-state index in [1.807, 2.05) is 0 Å². The average Bonchev–Trinajstić information content (AvgIpc) is 2.94. The number of amides is 1. The van der Waals surface area contributed by atoms with Crippen LogP contribution >= 0.6 is 0 Å².